The maximum Gasteiger partial charge on any atom is 0.247 e. The average molecular weight is 640 g/mol. The van der Waals surface area contributed by atoms with Gasteiger partial charge in [-0.05, 0) is 30.0 Å². The number of nitrogens with one attached hydrogen (secondary N) is 2. The lowest BCUT2D eigenvalue weighted by Crippen LogP contribution is -2.59. The molecule has 3 saturated heterocycles. The number of carbonyl (C=O) groups excluding carboxylic acids is 3. The Morgan fingerprint density at radius 3 is 2.62 bits per heavy atom. The number of carbonyl (C=O) groups is 3. The minimum Gasteiger partial charge on any atom is -0.394 e. The summed E-state index contributed by atoms with van der Waals surface area (Å²) in [6.45, 7) is 3.97. The summed E-state index contributed by atoms with van der Waals surface area (Å²) in [4.78, 5) is 43.5. The summed E-state index contributed by atoms with van der Waals surface area (Å²) >= 11 is 3.70. The third-order valence-electron chi connectivity index (χ3n) is 9.26. The van der Waals surface area contributed by atoms with Crippen molar-refractivity contribution in [1.29, 1.82) is 0 Å². The first kappa shape index (κ1) is 28.8. The highest BCUT2D eigenvalue weighted by Gasteiger charge is 2.77. The molecule has 1 aromatic heterocycles. The van der Waals surface area contributed by atoms with Crippen LogP contribution in [0.1, 0.15) is 32.3 Å². The van der Waals surface area contributed by atoms with E-state index in [2.05, 4.69) is 36.9 Å². The van der Waals surface area contributed by atoms with Crippen LogP contribution >= 0.6 is 15.9 Å². The number of benzene rings is 2. The average Bonchev–Trinajstić information content (AvgIpc) is 3.73. The zero-order valence-electron chi connectivity index (χ0n) is 23.5. The number of halogens is 1. The van der Waals surface area contributed by atoms with Crippen molar-refractivity contribution in [3.8, 4) is 0 Å². The van der Waals surface area contributed by atoms with E-state index in [-0.39, 0.29) is 35.8 Å². The molecule has 6 rings (SSSR count). The van der Waals surface area contributed by atoms with Gasteiger partial charge in [0.25, 0.3) is 0 Å². The van der Waals surface area contributed by atoms with E-state index in [1.807, 2.05) is 68.4 Å². The number of aliphatic hydroxyl groups excluding tert-OH is 1. The van der Waals surface area contributed by atoms with Gasteiger partial charge in [-0.1, -0.05) is 83.9 Å². The first-order chi connectivity index (χ1) is 20.3. The molecule has 11 nitrogen and oxygen atoms in total. The molecule has 3 fully saturated rings. The number of likely N-dealkylation sites (tertiary alicyclic amines) is 1. The van der Waals surface area contributed by atoms with E-state index in [0.29, 0.717) is 24.9 Å². The predicted octanol–water partition coefficient (Wildman–Crippen LogP) is 1.98. The Kier molecular flexibility index (Phi) is 7.79. The van der Waals surface area contributed by atoms with Gasteiger partial charge in [-0.3, -0.25) is 14.4 Å². The minimum absolute atomic E-state index is 0.0356. The molecule has 3 N–H and O–H groups in total. The van der Waals surface area contributed by atoms with E-state index < -0.39 is 41.5 Å². The molecule has 0 aliphatic carbocycles. The lowest BCUT2D eigenvalue weighted by Gasteiger charge is -2.38. The number of hydrogen-bond donors (Lipinski definition) is 3. The Labute approximate surface area is 252 Å². The smallest absolute Gasteiger partial charge is 0.247 e. The number of rotatable bonds is 10. The highest BCUT2D eigenvalue weighted by atomic mass is 79.9. The lowest BCUT2D eigenvalue weighted by atomic mass is 9.70. The van der Waals surface area contributed by atoms with E-state index >= 15 is 0 Å². The van der Waals surface area contributed by atoms with Gasteiger partial charge in [0.1, 0.15) is 23.8 Å². The summed E-state index contributed by atoms with van der Waals surface area (Å²) in [7, 11) is 0. The molecular formula is C30H35BrN6O5. The minimum atomic E-state index is -1.22. The Hall–Kier alpha value is -3.35. The molecule has 3 aliphatic heterocycles. The molecular weight excluding hydrogens is 604 g/mol. The van der Waals surface area contributed by atoms with Crippen LogP contribution in [-0.4, -0.2) is 77.9 Å². The number of fused-ring (bicyclic) bond motifs is 2. The molecule has 3 aromatic rings. The lowest BCUT2D eigenvalue weighted by molar-refractivity contribution is -0.147. The van der Waals surface area contributed by atoms with Gasteiger partial charge >= 0.3 is 0 Å². The zero-order chi connectivity index (χ0) is 29.6. The summed E-state index contributed by atoms with van der Waals surface area (Å²) in [5.41, 5.74) is 1.17. The van der Waals surface area contributed by atoms with Crippen LogP contribution in [0.3, 0.4) is 0 Å². The molecule has 8 atom stereocenters. The maximum atomic E-state index is 14.3. The molecule has 0 saturated carbocycles. The van der Waals surface area contributed by atoms with Crippen LogP contribution in [0.25, 0.3) is 11.0 Å². The molecule has 3 amide bonds. The van der Waals surface area contributed by atoms with E-state index in [1.165, 1.54) is 4.90 Å². The molecule has 1 spiro atoms. The van der Waals surface area contributed by atoms with Crippen molar-refractivity contribution in [1.82, 2.24) is 30.5 Å². The van der Waals surface area contributed by atoms with Crippen LogP contribution in [0.5, 0.6) is 0 Å². The monoisotopic (exact) mass is 638 g/mol. The third-order valence-corrected chi connectivity index (χ3v) is 10.1. The molecule has 3 unspecified atom stereocenters. The van der Waals surface area contributed by atoms with Gasteiger partial charge in [-0.15, -0.1) is 5.10 Å². The molecule has 2 aromatic carbocycles. The van der Waals surface area contributed by atoms with Gasteiger partial charge in [0.15, 0.2) is 0 Å². The number of aromatic nitrogens is 3. The fourth-order valence-corrected chi connectivity index (χ4v) is 7.97. The van der Waals surface area contributed by atoms with E-state index in [9.17, 15) is 19.5 Å². The number of alkyl halides is 1. The third kappa shape index (κ3) is 4.60. The second-order valence-electron chi connectivity index (χ2n) is 11.5. The summed E-state index contributed by atoms with van der Waals surface area (Å²) in [6.07, 6.45) is 0.510. The Morgan fingerprint density at radius 2 is 1.88 bits per heavy atom. The number of para-hydroxylation sites is 1. The molecule has 42 heavy (non-hydrogen) atoms. The predicted molar refractivity (Wildman–Crippen MR) is 157 cm³/mol. The second kappa shape index (κ2) is 11.4. The van der Waals surface area contributed by atoms with Gasteiger partial charge in [-0.2, -0.15) is 0 Å². The molecule has 0 radical (unpaired) electrons. The zero-order valence-corrected chi connectivity index (χ0v) is 25.1. The summed E-state index contributed by atoms with van der Waals surface area (Å²) in [6, 6.07) is 15.3. The van der Waals surface area contributed by atoms with Crippen LogP contribution in [0.4, 0.5) is 0 Å². The van der Waals surface area contributed by atoms with E-state index in [0.717, 1.165) is 11.1 Å². The van der Waals surface area contributed by atoms with Crippen molar-refractivity contribution in [2.45, 2.75) is 68.5 Å². The van der Waals surface area contributed by atoms with Gasteiger partial charge in [0.2, 0.25) is 17.7 Å². The molecule has 222 valence electrons. The van der Waals surface area contributed by atoms with Crippen LogP contribution in [0.2, 0.25) is 0 Å². The van der Waals surface area contributed by atoms with Crippen molar-refractivity contribution >= 4 is 44.7 Å². The van der Waals surface area contributed by atoms with E-state index in [1.54, 1.807) is 4.68 Å². The molecule has 3 aliphatic rings. The normalized spacial score (nSPS) is 29.5. The quantitative estimate of drug-likeness (QED) is 0.289. The molecule has 4 heterocycles. The van der Waals surface area contributed by atoms with Crippen molar-refractivity contribution in [2.75, 3.05) is 6.61 Å². The maximum absolute atomic E-state index is 14.3. The van der Waals surface area contributed by atoms with Gasteiger partial charge < -0.3 is 25.4 Å². The highest BCUT2D eigenvalue weighted by Crippen LogP contribution is 2.60. The number of ether oxygens (including phenoxy) is 1. The number of hydrogen-bond acceptors (Lipinski definition) is 7. The van der Waals surface area contributed by atoms with Crippen LogP contribution in [-0.2, 0) is 32.3 Å². The Bertz CT molecular complexity index is 1490. The topological polar surface area (TPSA) is 139 Å². The number of aliphatic hydroxyl groups is 1. The first-order valence-corrected chi connectivity index (χ1v) is 15.3. The summed E-state index contributed by atoms with van der Waals surface area (Å²) in [5, 5.41) is 24.8. The largest absolute Gasteiger partial charge is 0.394 e. The van der Waals surface area contributed by atoms with Crippen molar-refractivity contribution < 1.29 is 24.2 Å². The highest BCUT2D eigenvalue weighted by molar-refractivity contribution is 9.09. The van der Waals surface area contributed by atoms with Crippen LogP contribution < -0.4 is 10.6 Å². The number of nitrogens with zero attached hydrogens (tertiary/aromatic N) is 4. The standard InChI is InChI=1S/C30H35BrN6O5/c1-3-17(2)22(15-38)37-26(28(40)33-16-36-21-12-8-7-11-20(21)34-35-36)30-13-19(31)25(42-30)23(24(30)29(37)41)27(39)32-14-18-9-5-4-6-10-18/h4-12,17,19,22-26,38H,3,13-16H2,1-2H3,(H,32,39)(H,33,40)/t17-,19?,22-,23-,24-,25-,26?,30?/m0/s1. The number of amides is 3. The fraction of sp³-hybridized carbons (Fsp3) is 0.500. The van der Waals surface area contributed by atoms with Crippen molar-refractivity contribution in [2.24, 2.45) is 17.8 Å². The Morgan fingerprint density at radius 1 is 1.14 bits per heavy atom. The van der Waals surface area contributed by atoms with Crippen molar-refractivity contribution in [3.63, 3.8) is 0 Å². The fourth-order valence-electron chi connectivity index (χ4n) is 7.02. The second-order valence-corrected chi connectivity index (χ2v) is 12.7. The Balaban J connectivity index is 1.32. The van der Waals surface area contributed by atoms with Gasteiger partial charge in [-0.25, -0.2) is 4.68 Å². The van der Waals surface area contributed by atoms with Gasteiger partial charge in [0, 0.05) is 11.4 Å². The van der Waals surface area contributed by atoms with Crippen LogP contribution in [0.15, 0.2) is 54.6 Å². The molecule has 2 bridgehead atoms. The van der Waals surface area contributed by atoms with Crippen LogP contribution in [0, 0.1) is 17.8 Å². The SMILES string of the molecule is CC[C@H](C)[C@H](CO)N1C(=O)[C@@H]2[C@H](C(=O)NCc3ccccc3)[C@H]3OC2(CC3Br)C1C(=O)NCn1nnc2ccccc21. The van der Waals surface area contributed by atoms with Gasteiger partial charge in [0.05, 0.1) is 36.1 Å². The summed E-state index contributed by atoms with van der Waals surface area (Å²) < 4.78 is 8.17. The summed E-state index contributed by atoms with van der Waals surface area (Å²) in [5.74, 6) is -2.76. The molecule has 12 heteroatoms. The first-order valence-electron chi connectivity index (χ1n) is 14.4. The van der Waals surface area contributed by atoms with E-state index in [4.69, 9.17) is 4.74 Å². The van der Waals surface area contributed by atoms with Crippen molar-refractivity contribution in [3.05, 3.63) is 60.2 Å².